The maximum atomic E-state index is 4.38. The van der Waals surface area contributed by atoms with Crippen molar-refractivity contribution < 1.29 is 28.5 Å². The number of pyridine rings is 2. The number of aryl methyl sites for hydroxylation is 1. The molecular weight excluding hydrogens is 349 g/mol. The molecule has 0 spiro atoms. The van der Waals surface area contributed by atoms with Crippen LogP contribution in [0.25, 0.3) is 12.2 Å². The third-order valence-electron chi connectivity index (χ3n) is 2.77. The lowest BCUT2D eigenvalue weighted by atomic mass is 10.2. The molecule has 0 aliphatic heterocycles. The molecular formula is C15H18IN3. The summed E-state index contributed by atoms with van der Waals surface area (Å²) in [6, 6.07) is 10.2. The summed E-state index contributed by atoms with van der Waals surface area (Å²) in [4.78, 5) is 6.37. The molecule has 100 valence electrons. The van der Waals surface area contributed by atoms with Gasteiger partial charge >= 0.3 is 0 Å². The summed E-state index contributed by atoms with van der Waals surface area (Å²) in [5, 5.41) is 0. The van der Waals surface area contributed by atoms with E-state index in [1.165, 1.54) is 0 Å². The molecule has 0 unspecified atom stereocenters. The fraction of sp³-hybridized carbons (Fsp3) is 0.200. The zero-order chi connectivity index (χ0) is 13.0. The lowest BCUT2D eigenvalue weighted by Crippen LogP contribution is -3.00. The van der Waals surface area contributed by atoms with Crippen LogP contribution in [0.15, 0.2) is 42.7 Å². The van der Waals surface area contributed by atoms with E-state index in [-0.39, 0.29) is 24.0 Å². The Balaban J connectivity index is 0.00000180. The van der Waals surface area contributed by atoms with E-state index in [0.717, 1.165) is 17.1 Å². The van der Waals surface area contributed by atoms with E-state index >= 15 is 0 Å². The molecule has 0 aromatic carbocycles. The Morgan fingerprint density at radius 3 is 2.47 bits per heavy atom. The quantitative estimate of drug-likeness (QED) is 0.520. The summed E-state index contributed by atoms with van der Waals surface area (Å²) in [5.41, 5.74) is 2.26. The maximum absolute atomic E-state index is 4.38. The van der Waals surface area contributed by atoms with Crippen molar-refractivity contribution >= 4 is 18.0 Å². The van der Waals surface area contributed by atoms with Crippen LogP contribution in [0.2, 0.25) is 0 Å². The highest BCUT2D eigenvalue weighted by atomic mass is 127. The number of hydrogen-bond donors (Lipinski definition) is 0. The molecule has 2 heterocycles. The molecule has 0 bridgehead atoms. The fourth-order valence-electron chi connectivity index (χ4n) is 1.65. The van der Waals surface area contributed by atoms with E-state index in [1.54, 1.807) is 0 Å². The molecule has 0 fully saturated rings. The molecule has 0 atom stereocenters. The van der Waals surface area contributed by atoms with Crippen LogP contribution >= 0.6 is 0 Å². The predicted octanol–water partition coefficient (Wildman–Crippen LogP) is -0.853. The van der Waals surface area contributed by atoms with Crippen molar-refractivity contribution in [2.75, 3.05) is 19.0 Å². The monoisotopic (exact) mass is 367 g/mol. The highest BCUT2D eigenvalue weighted by molar-refractivity contribution is 5.66. The zero-order valence-electron chi connectivity index (χ0n) is 11.4. The van der Waals surface area contributed by atoms with E-state index in [2.05, 4.69) is 33.8 Å². The second-order valence-corrected chi connectivity index (χ2v) is 4.41. The van der Waals surface area contributed by atoms with Gasteiger partial charge in [0.05, 0.1) is 0 Å². The van der Waals surface area contributed by atoms with Crippen LogP contribution in [0.5, 0.6) is 0 Å². The lowest BCUT2D eigenvalue weighted by molar-refractivity contribution is -0.673. The van der Waals surface area contributed by atoms with E-state index in [9.17, 15) is 0 Å². The number of anilines is 1. The minimum absolute atomic E-state index is 0. The Hall–Kier alpha value is -1.43. The second kappa shape index (κ2) is 7.23. The number of nitrogens with zero attached hydrogens (tertiary/aromatic N) is 3. The van der Waals surface area contributed by atoms with Crippen LogP contribution in [0.1, 0.15) is 11.3 Å². The second-order valence-electron chi connectivity index (χ2n) is 4.41. The average molecular weight is 367 g/mol. The Bertz CT molecular complexity index is 548. The normalized spacial score (nSPS) is 10.3. The first-order valence-corrected chi connectivity index (χ1v) is 5.93. The molecule has 0 saturated carbocycles. The molecule has 4 heteroatoms. The van der Waals surface area contributed by atoms with Gasteiger partial charge in [-0.15, -0.1) is 0 Å². The Labute approximate surface area is 131 Å². The van der Waals surface area contributed by atoms with Gasteiger partial charge in [0.15, 0.2) is 6.20 Å². The minimum atomic E-state index is 0. The van der Waals surface area contributed by atoms with Crippen molar-refractivity contribution in [2.45, 2.75) is 0 Å². The van der Waals surface area contributed by atoms with Crippen LogP contribution in [-0.4, -0.2) is 19.1 Å². The van der Waals surface area contributed by atoms with E-state index in [1.807, 2.05) is 56.6 Å². The largest absolute Gasteiger partial charge is 1.00 e. The van der Waals surface area contributed by atoms with E-state index in [4.69, 9.17) is 0 Å². The first-order chi connectivity index (χ1) is 8.66. The van der Waals surface area contributed by atoms with Gasteiger partial charge in [0.25, 0.3) is 0 Å². The average Bonchev–Trinajstić information content (AvgIpc) is 2.38. The Kier molecular flexibility index (Phi) is 5.95. The van der Waals surface area contributed by atoms with Crippen LogP contribution < -0.4 is 33.4 Å². The first kappa shape index (κ1) is 15.6. The summed E-state index contributed by atoms with van der Waals surface area (Å²) in [7, 11) is 6.01. The van der Waals surface area contributed by atoms with Gasteiger partial charge in [-0.1, -0.05) is 0 Å². The van der Waals surface area contributed by atoms with Crippen LogP contribution in [0.3, 0.4) is 0 Å². The van der Waals surface area contributed by atoms with Gasteiger partial charge in [-0.05, 0) is 29.8 Å². The van der Waals surface area contributed by atoms with Gasteiger partial charge in [0, 0.05) is 38.5 Å². The molecule has 0 aliphatic carbocycles. The van der Waals surface area contributed by atoms with E-state index < -0.39 is 0 Å². The van der Waals surface area contributed by atoms with Crippen molar-refractivity contribution in [1.82, 2.24) is 4.98 Å². The Morgan fingerprint density at radius 1 is 1.11 bits per heavy atom. The van der Waals surface area contributed by atoms with Crippen LogP contribution in [0, 0.1) is 0 Å². The topological polar surface area (TPSA) is 20.0 Å². The van der Waals surface area contributed by atoms with Gasteiger partial charge in [-0.25, -0.2) is 9.55 Å². The molecule has 0 aliphatic rings. The zero-order valence-corrected chi connectivity index (χ0v) is 13.6. The molecule has 0 N–H and O–H groups in total. The van der Waals surface area contributed by atoms with Crippen molar-refractivity contribution in [1.29, 1.82) is 0 Å². The molecule has 3 nitrogen and oxygen atoms in total. The third-order valence-corrected chi connectivity index (χ3v) is 2.77. The van der Waals surface area contributed by atoms with Crippen LogP contribution in [-0.2, 0) is 7.05 Å². The molecule has 0 radical (unpaired) electrons. The van der Waals surface area contributed by atoms with Gasteiger partial charge in [-0.2, -0.15) is 0 Å². The van der Waals surface area contributed by atoms with Gasteiger partial charge in [-0.3, -0.25) is 0 Å². The minimum Gasteiger partial charge on any atom is -1.00 e. The number of aromatic nitrogens is 2. The summed E-state index contributed by atoms with van der Waals surface area (Å²) in [6.45, 7) is 0. The summed E-state index contributed by atoms with van der Waals surface area (Å²) < 4.78 is 2.08. The SMILES string of the molecule is CN(C)c1ccc(/C=C/c2cccc[n+]2C)cn1.[I-]. The van der Waals surface area contributed by atoms with Gasteiger partial charge in [0.2, 0.25) is 5.69 Å². The fourth-order valence-corrected chi connectivity index (χ4v) is 1.65. The molecule has 0 saturated heterocycles. The van der Waals surface area contributed by atoms with Crippen molar-refractivity contribution in [2.24, 2.45) is 7.05 Å². The highest BCUT2D eigenvalue weighted by Crippen LogP contribution is 2.10. The van der Waals surface area contributed by atoms with Crippen molar-refractivity contribution in [3.63, 3.8) is 0 Å². The molecule has 2 aromatic rings. The maximum Gasteiger partial charge on any atom is 0.204 e. The number of hydrogen-bond acceptors (Lipinski definition) is 2. The van der Waals surface area contributed by atoms with E-state index in [0.29, 0.717) is 0 Å². The standard InChI is InChI=1S/C15H18N3.HI/c1-17(2)15-10-8-13(12-16-15)7-9-14-6-4-5-11-18(14)3;/h4-12H,1-3H3;1H/q+1;/p-1. The number of halogens is 1. The van der Waals surface area contributed by atoms with Gasteiger partial charge < -0.3 is 28.9 Å². The number of rotatable bonds is 3. The summed E-state index contributed by atoms with van der Waals surface area (Å²) in [5.74, 6) is 0.970. The summed E-state index contributed by atoms with van der Waals surface area (Å²) >= 11 is 0. The Morgan fingerprint density at radius 2 is 1.89 bits per heavy atom. The smallest absolute Gasteiger partial charge is 0.204 e. The molecule has 0 amide bonds. The molecule has 2 rings (SSSR count). The first-order valence-electron chi connectivity index (χ1n) is 5.93. The van der Waals surface area contributed by atoms with Gasteiger partial charge in [0.1, 0.15) is 12.9 Å². The van der Waals surface area contributed by atoms with Crippen molar-refractivity contribution in [3.05, 3.63) is 54.0 Å². The highest BCUT2D eigenvalue weighted by Gasteiger charge is 1.99. The third kappa shape index (κ3) is 4.31. The van der Waals surface area contributed by atoms with Crippen LogP contribution in [0.4, 0.5) is 5.82 Å². The van der Waals surface area contributed by atoms with Crippen molar-refractivity contribution in [3.8, 4) is 0 Å². The lowest BCUT2D eigenvalue weighted by Gasteiger charge is -2.10. The molecule has 19 heavy (non-hydrogen) atoms. The predicted molar refractivity (Wildman–Crippen MR) is 75.1 cm³/mol. The molecule has 2 aromatic heterocycles. The summed E-state index contributed by atoms with van der Waals surface area (Å²) in [6.07, 6.45) is 8.08.